The van der Waals surface area contributed by atoms with Crippen molar-refractivity contribution in [2.24, 2.45) is 0 Å². The van der Waals surface area contributed by atoms with Gasteiger partial charge in [0.1, 0.15) is 12.1 Å². The fourth-order valence-corrected chi connectivity index (χ4v) is 3.74. The fourth-order valence-electron chi connectivity index (χ4n) is 3.74. The molecule has 0 atom stereocenters. The molecule has 0 saturated carbocycles. The molecule has 176 valence electrons. The molecule has 3 aromatic heterocycles. The highest BCUT2D eigenvalue weighted by molar-refractivity contribution is 5.93. The van der Waals surface area contributed by atoms with E-state index >= 15 is 0 Å². The van der Waals surface area contributed by atoms with Crippen LogP contribution in [-0.2, 0) is 16.1 Å². The van der Waals surface area contributed by atoms with Crippen molar-refractivity contribution in [3.63, 3.8) is 0 Å². The topological polar surface area (TPSA) is 112 Å². The Kier molecular flexibility index (Phi) is 5.61. The number of hydrogen-bond acceptors (Lipinski definition) is 6. The van der Waals surface area contributed by atoms with Gasteiger partial charge in [-0.2, -0.15) is 5.10 Å². The quantitative estimate of drug-likeness (QED) is 0.382. The molecule has 2 aromatic carbocycles. The lowest BCUT2D eigenvalue weighted by atomic mass is 10.1. The number of anilines is 1. The zero-order chi connectivity index (χ0) is 24.5. The number of aromatic nitrogens is 5. The van der Waals surface area contributed by atoms with E-state index in [1.54, 1.807) is 48.1 Å². The Hall–Kier alpha value is -4.73. The number of rotatable bonds is 6. The molecule has 0 bridgehead atoms. The minimum absolute atomic E-state index is 0.273. The second kappa shape index (κ2) is 8.90. The summed E-state index contributed by atoms with van der Waals surface area (Å²) in [6.45, 7) is 3.76. The van der Waals surface area contributed by atoms with Crippen molar-refractivity contribution in [3.8, 4) is 11.3 Å². The Morgan fingerprint density at radius 1 is 1.00 bits per heavy atom. The van der Waals surface area contributed by atoms with Gasteiger partial charge in [-0.3, -0.25) is 4.79 Å². The molecule has 3 heterocycles. The van der Waals surface area contributed by atoms with Crippen LogP contribution in [-0.4, -0.2) is 42.3 Å². The molecule has 5 aromatic rings. The van der Waals surface area contributed by atoms with Gasteiger partial charge < -0.3 is 10.1 Å². The molecule has 0 unspecified atom stereocenters. The van der Waals surface area contributed by atoms with Gasteiger partial charge in [-0.15, -0.1) is 5.10 Å². The summed E-state index contributed by atoms with van der Waals surface area (Å²) in [6.07, 6.45) is 3.25. The van der Waals surface area contributed by atoms with E-state index in [4.69, 9.17) is 4.74 Å². The lowest BCUT2D eigenvalue weighted by molar-refractivity contribution is -0.117. The summed E-state index contributed by atoms with van der Waals surface area (Å²) >= 11 is 0. The third kappa shape index (κ3) is 4.29. The first kappa shape index (κ1) is 22.1. The standard InChI is InChI=1S/C25H22N6O4/c1-3-35-24(33)18-8-10-19(11-9-18)26-22(32)15-31-25(34)29-12-13-30-21(23(29)28-31)14-20(27-30)17-6-4-16(2)5-7-17/h4-14H,3,15H2,1-2H3,(H,26,32). The highest BCUT2D eigenvalue weighted by atomic mass is 16.5. The summed E-state index contributed by atoms with van der Waals surface area (Å²) in [5.41, 5.74) is 4.34. The molecule has 0 radical (unpaired) electrons. The predicted molar refractivity (Wildman–Crippen MR) is 129 cm³/mol. The average molecular weight is 470 g/mol. The summed E-state index contributed by atoms with van der Waals surface area (Å²) in [5, 5.41) is 11.7. The van der Waals surface area contributed by atoms with Crippen molar-refractivity contribution in [1.82, 2.24) is 23.8 Å². The van der Waals surface area contributed by atoms with Crippen LogP contribution in [0, 0.1) is 6.92 Å². The maximum atomic E-state index is 12.9. The molecule has 0 aliphatic heterocycles. The summed E-state index contributed by atoms with van der Waals surface area (Å²) in [6, 6.07) is 16.2. The van der Waals surface area contributed by atoms with Gasteiger partial charge in [-0.05, 0) is 44.2 Å². The molecule has 35 heavy (non-hydrogen) atoms. The molecule has 0 aliphatic carbocycles. The van der Waals surface area contributed by atoms with Crippen molar-refractivity contribution >= 4 is 28.7 Å². The van der Waals surface area contributed by atoms with Crippen LogP contribution in [0.2, 0.25) is 0 Å². The SMILES string of the molecule is CCOC(=O)c1ccc(NC(=O)Cn2nc3c4cc(-c5ccc(C)cc5)nn4ccn3c2=O)cc1. The Morgan fingerprint density at radius 2 is 1.74 bits per heavy atom. The summed E-state index contributed by atoms with van der Waals surface area (Å²) in [4.78, 5) is 37.2. The van der Waals surface area contributed by atoms with Crippen molar-refractivity contribution in [2.45, 2.75) is 20.4 Å². The maximum Gasteiger partial charge on any atom is 0.350 e. The number of esters is 1. The third-order valence-corrected chi connectivity index (χ3v) is 5.51. The van der Waals surface area contributed by atoms with Crippen molar-refractivity contribution in [1.29, 1.82) is 0 Å². The van der Waals surface area contributed by atoms with E-state index in [1.807, 2.05) is 37.3 Å². The lowest BCUT2D eigenvalue weighted by Gasteiger charge is -2.06. The summed E-state index contributed by atoms with van der Waals surface area (Å²) < 4.78 is 9.10. The molecule has 0 fully saturated rings. The van der Waals surface area contributed by atoms with Gasteiger partial charge in [-0.25, -0.2) is 23.2 Å². The number of carbonyl (C=O) groups is 2. The molecule has 1 amide bonds. The molecule has 10 heteroatoms. The van der Waals surface area contributed by atoms with Gasteiger partial charge in [-0.1, -0.05) is 29.8 Å². The van der Waals surface area contributed by atoms with E-state index in [1.165, 1.54) is 4.40 Å². The third-order valence-electron chi connectivity index (χ3n) is 5.51. The summed E-state index contributed by atoms with van der Waals surface area (Å²) in [5.74, 6) is -0.859. The molecular formula is C25H22N6O4. The normalized spacial score (nSPS) is 11.1. The highest BCUT2D eigenvalue weighted by Gasteiger charge is 2.16. The average Bonchev–Trinajstić information content (AvgIpc) is 3.41. The van der Waals surface area contributed by atoms with Gasteiger partial charge in [0, 0.05) is 23.6 Å². The number of ether oxygens (including phenoxy) is 1. The zero-order valence-corrected chi connectivity index (χ0v) is 19.1. The first-order chi connectivity index (χ1) is 16.9. The largest absolute Gasteiger partial charge is 0.462 e. The van der Waals surface area contributed by atoms with E-state index in [0.29, 0.717) is 22.4 Å². The zero-order valence-electron chi connectivity index (χ0n) is 19.1. The van der Waals surface area contributed by atoms with Crippen LogP contribution in [0.1, 0.15) is 22.8 Å². The highest BCUT2D eigenvalue weighted by Crippen LogP contribution is 2.21. The van der Waals surface area contributed by atoms with E-state index < -0.39 is 17.6 Å². The Labute approximate surface area is 199 Å². The number of benzene rings is 2. The number of nitrogens with one attached hydrogen (secondary N) is 1. The van der Waals surface area contributed by atoms with Gasteiger partial charge in [0.25, 0.3) is 0 Å². The van der Waals surface area contributed by atoms with Crippen molar-refractivity contribution in [2.75, 3.05) is 11.9 Å². The van der Waals surface area contributed by atoms with E-state index in [2.05, 4.69) is 15.5 Å². The Bertz CT molecular complexity index is 1610. The number of carbonyl (C=O) groups excluding carboxylic acids is 2. The summed E-state index contributed by atoms with van der Waals surface area (Å²) in [7, 11) is 0. The van der Waals surface area contributed by atoms with E-state index in [0.717, 1.165) is 21.5 Å². The smallest absolute Gasteiger partial charge is 0.350 e. The second-order valence-corrected chi connectivity index (χ2v) is 8.00. The van der Waals surface area contributed by atoms with Crippen LogP contribution in [0.25, 0.3) is 22.4 Å². The maximum absolute atomic E-state index is 12.9. The molecule has 0 aliphatic rings. The van der Waals surface area contributed by atoms with Crippen LogP contribution in [0.15, 0.2) is 71.8 Å². The van der Waals surface area contributed by atoms with Gasteiger partial charge >= 0.3 is 11.7 Å². The number of aryl methyl sites for hydroxylation is 1. The van der Waals surface area contributed by atoms with E-state index in [9.17, 15) is 14.4 Å². The number of hydrogen-bond donors (Lipinski definition) is 1. The predicted octanol–water partition coefficient (Wildman–Crippen LogP) is 2.93. The van der Waals surface area contributed by atoms with Gasteiger partial charge in [0.2, 0.25) is 5.91 Å². The van der Waals surface area contributed by atoms with Gasteiger partial charge in [0.05, 0.1) is 17.9 Å². The minimum atomic E-state index is -0.437. The van der Waals surface area contributed by atoms with Crippen molar-refractivity contribution in [3.05, 3.63) is 88.6 Å². The van der Waals surface area contributed by atoms with Gasteiger partial charge in [0.15, 0.2) is 5.65 Å². The monoisotopic (exact) mass is 470 g/mol. The van der Waals surface area contributed by atoms with Crippen molar-refractivity contribution < 1.29 is 14.3 Å². The number of nitrogens with zero attached hydrogens (tertiary/aromatic N) is 5. The molecule has 0 spiro atoms. The lowest BCUT2D eigenvalue weighted by Crippen LogP contribution is -2.28. The van der Waals surface area contributed by atoms with Crippen LogP contribution >= 0.6 is 0 Å². The van der Waals surface area contributed by atoms with Crippen LogP contribution < -0.4 is 11.0 Å². The molecule has 0 saturated heterocycles. The minimum Gasteiger partial charge on any atom is -0.462 e. The Balaban J connectivity index is 1.38. The van der Waals surface area contributed by atoms with Crippen LogP contribution in [0.3, 0.4) is 0 Å². The molecule has 5 rings (SSSR count). The first-order valence-electron chi connectivity index (χ1n) is 11.0. The van der Waals surface area contributed by atoms with E-state index in [-0.39, 0.29) is 13.2 Å². The van der Waals surface area contributed by atoms with Crippen LogP contribution in [0.4, 0.5) is 5.69 Å². The number of fused-ring (bicyclic) bond motifs is 3. The van der Waals surface area contributed by atoms with Crippen LogP contribution in [0.5, 0.6) is 0 Å². The molecular weight excluding hydrogens is 448 g/mol. The Morgan fingerprint density at radius 3 is 2.46 bits per heavy atom. The number of amides is 1. The molecule has 10 nitrogen and oxygen atoms in total. The first-order valence-corrected chi connectivity index (χ1v) is 11.0. The second-order valence-electron chi connectivity index (χ2n) is 8.00. The molecule has 1 N–H and O–H groups in total. The fraction of sp³-hybridized carbons (Fsp3) is 0.160.